The first-order valence-electron chi connectivity index (χ1n) is 5.58. The van der Waals surface area contributed by atoms with Gasteiger partial charge in [-0.15, -0.1) is 11.3 Å². The van der Waals surface area contributed by atoms with E-state index in [1.54, 1.807) is 11.4 Å². The second kappa shape index (κ2) is 5.09. The molecule has 0 aliphatic heterocycles. The summed E-state index contributed by atoms with van der Waals surface area (Å²) >= 11 is 1.18. The van der Waals surface area contributed by atoms with E-state index in [9.17, 15) is 13.2 Å². The zero-order valence-electron chi connectivity index (χ0n) is 9.71. The fourth-order valence-electron chi connectivity index (χ4n) is 1.50. The fourth-order valence-corrected chi connectivity index (χ4v) is 2.26. The number of hydrogen-bond acceptors (Lipinski definition) is 4. The molecular weight excluding hydrogens is 263 g/mol. The first kappa shape index (κ1) is 13.1. The zero-order valence-corrected chi connectivity index (χ0v) is 10.5. The Bertz CT molecular complexity index is 536. The van der Waals surface area contributed by atoms with E-state index in [-0.39, 0.29) is 5.82 Å². The number of nitrogens with zero attached hydrogens (tertiary/aromatic N) is 2. The highest BCUT2D eigenvalue weighted by Gasteiger charge is 2.35. The largest absolute Gasteiger partial charge is 0.451 e. The third-order valence-corrected chi connectivity index (χ3v) is 3.21. The summed E-state index contributed by atoms with van der Waals surface area (Å²) < 4.78 is 37.9. The Hall–Kier alpha value is -1.37. The van der Waals surface area contributed by atoms with Crippen LogP contribution in [0.5, 0.6) is 0 Å². The van der Waals surface area contributed by atoms with Gasteiger partial charge in [-0.05, 0) is 17.9 Å². The van der Waals surface area contributed by atoms with Crippen molar-refractivity contribution >= 4 is 27.4 Å². The summed E-state index contributed by atoms with van der Waals surface area (Å²) in [6.45, 7) is 2.62. The number of aromatic nitrogens is 2. The third-order valence-electron chi connectivity index (χ3n) is 2.40. The molecule has 0 radical (unpaired) electrons. The molecule has 2 rings (SSSR count). The molecule has 0 bridgehead atoms. The van der Waals surface area contributed by atoms with Gasteiger partial charge in [-0.3, -0.25) is 0 Å². The van der Waals surface area contributed by atoms with Crippen LogP contribution >= 0.6 is 11.3 Å². The van der Waals surface area contributed by atoms with E-state index >= 15 is 0 Å². The minimum absolute atomic E-state index is 0.266. The number of halogens is 3. The number of rotatable bonds is 4. The molecule has 0 aromatic carbocycles. The number of unbranched alkanes of at least 4 members (excludes halogenated alkanes) is 1. The lowest BCUT2D eigenvalue weighted by Gasteiger charge is -2.09. The smallest absolute Gasteiger partial charge is 0.369 e. The van der Waals surface area contributed by atoms with Crippen molar-refractivity contribution in [2.24, 2.45) is 0 Å². The lowest BCUT2D eigenvalue weighted by Crippen LogP contribution is -2.13. The Labute approximate surface area is 106 Å². The molecule has 2 aromatic rings. The van der Waals surface area contributed by atoms with Crippen molar-refractivity contribution in [2.75, 3.05) is 11.9 Å². The predicted octanol–water partition coefficient (Wildman–Crippen LogP) is 3.92. The van der Waals surface area contributed by atoms with Gasteiger partial charge in [0, 0.05) is 6.54 Å². The van der Waals surface area contributed by atoms with Crippen molar-refractivity contribution in [3.8, 4) is 0 Å². The summed E-state index contributed by atoms with van der Waals surface area (Å²) in [6.07, 6.45) is -2.66. The number of thiophene rings is 1. The minimum atomic E-state index is -4.51. The average molecular weight is 275 g/mol. The highest BCUT2D eigenvalue weighted by Crippen LogP contribution is 2.32. The molecule has 0 unspecified atom stereocenters. The van der Waals surface area contributed by atoms with E-state index in [1.807, 2.05) is 6.92 Å². The van der Waals surface area contributed by atoms with Crippen LogP contribution in [0.25, 0.3) is 10.2 Å². The van der Waals surface area contributed by atoms with Crippen LogP contribution in [0.4, 0.5) is 19.0 Å². The maximum atomic E-state index is 12.6. The zero-order chi connectivity index (χ0) is 13.2. The summed E-state index contributed by atoms with van der Waals surface area (Å²) in [6, 6.07) is 1.73. The van der Waals surface area contributed by atoms with Gasteiger partial charge in [-0.25, -0.2) is 9.97 Å². The Balaban J connectivity index is 2.39. The van der Waals surface area contributed by atoms with Crippen LogP contribution in [0, 0.1) is 0 Å². The van der Waals surface area contributed by atoms with Gasteiger partial charge < -0.3 is 5.32 Å². The van der Waals surface area contributed by atoms with Gasteiger partial charge in [-0.1, -0.05) is 13.3 Å². The standard InChI is InChI=1S/C11H12F3N3S/c1-2-3-5-15-8-7-4-6-18-9(7)17-10(16-8)11(12,13)14/h4,6H,2-3,5H2,1H3,(H,15,16,17). The predicted molar refractivity (Wildman–Crippen MR) is 65.8 cm³/mol. The molecule has 18 heavy (non-hydrogen) atoms. The van der Waals surface area contributed by atoms with Crippen LogP contribution in [0.3, 0.4) is 0 Å². The van der Waals surface area contributed by atoms with Crippen molar-refractivity contribution in [3.05, 3.63) is 17.3 Å². The van der Waals surface area contributed by atoms with Gasteiger partial charge in [-0.2, -0.15) is 13.2 Å². The molecular formula is C11H12F3N3S. The van der Waals surface area contributed by atoms with Gasteiger partial charge in [0.05, 0.1) is 5.39 Å². The van der Waals surface area contributed by atoms with Crippen LogP contribution in [-0.2, 0) is 6.18 Å². The molecule has 2 aromatic heterocycles. The molecule has 98 valence electrons. The first-order valence-corrected chi connectivity index (χ1v) is 6.46. The van der Waals surface area contributed by atoms with Crippen molar-refractivity contribution in [1.82, 2.24) is 9.97 Å². The third kappa shape index (κ3) is 2.72. The van der Waals surface area contributed by atoms with Crippen molar-refractivity contribution in [3.63, 3.8) is 0 Å². The quantitative estimate of drug-likeness (QED) is 0.859. The summed E-state index contributed by atoms with van der Waals surface area (Å²) in [5, 5.41) is 5.30. The van der Waals surface area contributed by atoms with Crippen LogP contribution in [-0.4, -0.2) is 16.5 Å². The van der Waals surface area contributed by atoms with E-state index < -0.39 is 12.0 Å². The SMILES string of the molecule is CCCCNc1nc(C(F)(F)F)nc2sccc12. The van der Waals surface area contributed by atoms with Gasteiger partial charge in [0.1, 0.15) is 10.6 Å². The maximum absolute atomic E-state index is 12.6. The number of hydrogen-bond donors (Lipinski definition) is 1. The topological polar surface area (TPSA) is 37.8 Å². The first-order chi connectivity index (χ1) is 8.52. The minimum Gasteiger partial charge on any atom is -0.369 e. The number of fused-ring (bicyclic) bond motifs is 1. The fraction of sp³-hybridized carbons (Fsp3) is 0.455. The van der Waals surface area contributed by atoms with Crippen LogP contribution in [0.1, 0.15) is 25.6 Å². The maximum Gasteiger partial charge on any atom is 0.451 e. The molecule has 0 spiro atoms. The van der Waals surface area contributed by atoms with E-state index in [4.69, 9.17) is 0 Å². The van der Waals surface area contributed by atoms with Crippen molar-refractivity contribution in [1.29, 1.82) is 0 Å². The summed E-state index contributed by atoms with van der Waals surface area (Å²) in [7, 11) is 0. The highest BCUT2D eigenvalue weighted by atomic mass is 32.1. The molecule has 0 amide bonds. The molecule has 0 atom stereocenters. The molecule has 0 saturated heterocycles. The van der Waals surface area contributed by atoms with Gasteiger partial charge in [0.25, 0.3) is 0 Å². The molecule has 0 aliphatic carbocycles. The summed E-state index contributed by atoms with van der Waals surface area (Å²) in [5.41, 5.74) is 0. The normalized spacial score (nSPS) is 12.0. The van der Waals surface area contributed by atoms with E-state index in [2.05, 4.69) is 15.3 Å². The summed E-state index contributed by atoms with van der Waals surface area (Å²) in [4.78, 5) is 7.47. The van der Waals surface area contributed by atoms with Crippen molar-refractivity contribution < 1.29 is 13.2 Å². The number of anilines is 1. The highest BCUT2D eigenvalue weighted by molar-refractivity contribution is 7.16. The lowest BCUT2D eigenvalue weighted by molar-refractivity contribution is -0.144. The molecule has 0 fully saturated rings. The van der Waals surface area contributed by atoms with Crippen molar-refractivity contribution in [2.45, 2.75) is 25.9 Å². The van der Waals surface area contributed by atoms with Gasteiger partial charge in [0.15, 0.2) is 0 Å². The van der Waals surface area contributed by atoms with Crippen LogP contribution < -0.4 is 5.32 Å². The Morgan fingerprint density at radius 2 is 2.11 bits per heavy atom. The molecule has 7 heteroatoms. The van der Waals surface area contributed by atoms with Gasteiger partial charge >= 0.3 is 6.18 Å². The average Bonchev–Trinajstić information content (AvgIpc) is 2.76. The Morgan fingerprint density at radius 1 is 1.33 bits per heavy atom. The summed E-state index contributed by atoms with van der Waals surface area (Å²) in [5.74, 6) is -0.821. The van der Waals surface area contributed by atoms with Gasteiger partial charge in [0.2, 0.25) is 5.82 Å². The molecule has 2 heterocycles. The van der Waals surface area contributed by atoms with E-state index in [0.717, 1.165) is 12.8 Å². The second-order valence-electron chi connectivity index (χ2n) is 3.81. The second-order valence-corrected chi connectivity index (χ2v) is 4.71. The van der Waals surface area contributed by atoms with Crippen LogP contribution in [0.15, 0.2) is 11.4 Å². The Morgan fingerprint density at radius 3 is 2.78 bits per heavy atom. The monoisotopic (exact) mass is 275 g/mol. The lowest BCUT2D eigenvalue weighted by atomic mass is 10.3. The van der Waals surface area contributed by atoms with E-state index in [1.165, 1.54) is 11.3 Å². The molecule has 0 saturated carbocycles. The Kier molecular flexibility index (Phi) is 3.70. The molecule has 1 N–H and O–H groups in total. The molecule has 3 nitrogen and oxygen atoms in total. The van der Waals surface area contributed by atoms with Crippen LogP contribution in [0.2, 0.25) is 0 Å². The van der Waals surface area contributed by atoms with E-state index in [0.29, 0.717) is 16.8 Å². The number of nitrogens with one attached hydrogen (secondary N) is 1. The molecule has 0 aliphatic rings. The number of alkyl halides is 3.